The van der Waals surface area contributed by atoms with Crippen molar-refractivity contribution in [2.75, 3.05) is 25.2 Å². The van der Waals surface area contributed by atoms with Gasteiger partial charge in [0.2, 0.25) is 0 Å². The second-order valence-electron chi connectivity index (χ2n) is 7.09. The Morgan fingerprint density at radius 1 is 1.07 bits per heavy atom. The van der Waals surface area contributed by atoms with Crippen LogP contribution in [-0.2, 0) is 14.3 Å². The molecule has 2 aromatic carbocycles. The summed E-state index contributed by atoms with van der Waals surface area (Å²) in [4.78, 5) is 13.0. The number of carbonyl (C=O) groups is 1. The van der Waals surface area contributed by atoms with Gasteiger partial charge in [0.25, 0.3) is 0 Å². The number of rotatable bonds is 5. The van der Waals surface area contributed by atoms with E-state index >= 15 is 0 Å². The standard InChI is InChI=1S/C22H28N2O3/c1-26-22(16-6-3-2-4-7-16)21(25)15-8-5-9-20(27-13-12-15)17-10-11-18(23)19(24)14-17/h2-4,6-7,10-11,14-15,20,22H,5,8-9,12-13,23-24H2,1H3/t15?,20?,22-/m1/s1. The van der Waals surface area contributed by atoms with Crippen molar-refractivity contribution in [3.05, 3.63) is 59.7 Å². The van der Waals surface area contributed by atoms with Crippen LogP contribution in [-0.4, -0.2) is 19.5 Å². The molecule has 0 bridgehead atoms. The molecule has 3 atom stereocenters. The zero-order valence-electron chi connectivity index (χ0n) is 15.8. The van der Waals surface area contributed by atoms with Gasteiger partial charge in [-0.25, -0.2) is 0 Å². The SMILES string of the molecule is CO[C@@H](C(=O)C1CCCC(c2ccc(N)c(N)c2)OCC1)c1ccccc1. The van der Waals surface area contributed by atoms with E-state index in [9.17, 15) is 4.79 Å². The lowest BCUT2D eigenvalue weighted by atomic mass is 9.87. The minimum Gasteiger partial charge on any atom is -0.397 e. The number of methoxy groups -OCH3 is 1. The van der Waals surface area contributed by atoms with Crippen molar-refractivity contribution in [3.63, 3.8) is 0 Å². The maximum Gasteiger partial charge on any atom is 0.169 e. The average molecular weight is 368 g/mol. The molecule has 4 N–H and O–H groups in total. The van der Waals surface area contributed by atoms with E-state index in [1.807, 2.05) is 48.5 Å². The Balaban J connectivity index is 1.63. The van der Waals surface area contributed by atoms with Gasteiger partial charge in [-0.05, 0) is 48.9 Å². The zero-order chi connectivity index (χ0) is 19.2. The fourth-order valence-electron chi connectivity index (χ4n) is 3.73. The minimum absolute atomic E-state index is 0.00343. The summed E-state index contributed by atoms with van der Waals surface area (Å²) in [6.07, 6.45) is 2.80. The van der Waals surface area contributed by atoms with Crippen molar-refractivity contribution in [2.24, 2.45) is 5.92 Å². The molecule has 2 unspecified atom stereocenters. The number of nitrogen functional groups attached to an aromatic ring is 2. The van der Waals surface area contributed by atoms with Crippen molar-refractivity contribution >= 4 is 17.2 Å². The van der Waals surface area contributed by atoms with Crippen LogP contribution in [0.3, 0.4) is 0 Å². The third-order valence-corrected chi connectivity index (χ3v) is 5.29. The molecule has 1 saturated heterocycles. The summed E-state index contributed by atoms with van der Waals surface area (Å²) in [5.74, 6) is 0.0927. The third-order valence-electron chi connectivity index (χ3n) is 5.29. The third kappa shape index (κ3) is 4.67. The molecule has 3 rings (SSSR count). The molecule has 0 aliphatic carbocycles. The first kappa shape index (κ1) is 19.4. The van der Waals surface area contributed by atoms with Gasteiger partial charge in [-0.15, -0.1) is 0 Å². The normalized spacial score (nSPS) is 21.8. The average Bonchev–Trinajstić information content (AvgIpc) is 2.65. The van der Waals surface area contributed by atoms with E-state index in [0.717, 1.165) is 30.4 Å². The summed E-state index contributed by atoms with van der Waals surface area (Å²) in [6.45, 7) is 0.538. The van der Waals surface area contributed by atoms with E-state index in [2.05, 4.69) is 0 Å². The Morgan fingerprint density at radius 3 is 2.56 bits per heavy atom. The molecule has 1 aliphatic rings. The minimum atomic E-state index is -0.511. The molecule has 1 heterocycles. The number of hydrogen-bond donors (Lipinski definition) is 2. The number of nitrogens with two attached hydrogens (primary N) is 2. The van der Waals surface area contributed by atoms with E-state index in [1.54, 1.807) is 7.11 Å². The summed E-state index contributed by atoms with van der Waals surface area (Å²) in [5, 5.41) is 0. The summed E-state index contributed by atoms with van der Waals surface area (Å²) >= 11 is 0. The first-order chi connectivity index (χ1) is 13.1. The molecule has 0 amide bonds. The molecule has 144 valence electrons. The van der Waals surface area contributed by atoms with Crippen LogP contribution in [0.2, 0.25) is 0 Å². The second kappa shape index (κ2) is 9.02. The first-order valence-electron chi connectivity index (χ1n) is 9.48. The fraction of sp³-hybridized carbons (Fsp3) is 0.409. The number of hydrogen-bond acceptors (Lipinski definition) is 5. The fourth-order valence-corrected chi connectivity index (χ4v) is 3.73. The van der Waals surface area contributed by atoms with Gasteiger partial charge in [0.15, 0.2) is 5.78 Å². The van der Waals surface area contributed by atoms with Crippen molar-refractivity contribution in [1.82, 2.24) is 0 Å². The van der Waals surface area contributed by atoms with Crippen LogP contribution in [0.5, 0.6) is 0 Å². The van der Waals surface area contributed by atoms with E-state index in [1.165, 1.54) is 0 Å². The van der Waals surface area contributed by atoms with Crippen LogP contribution in [0.1, 0.15) is 49.0 Å². The Kier molecular flexibility index (Phi) is 6.48. The lowest BCUT2D eigenvalue weighted by Crippen LogP contribution is -2.26. The maximum absolute atomic E-state index is 13.0. The Bertz CT molecular complexity index is 753. The number of carbonyl (C=O) groups excluding carboxylic acids is 1. The molecule has 0 aromatic heterocycles. The molecule has 1 aliphatic heterocycles. The largest absolute Gasteiger partial charge is 0.397 e. The number of benzene rings is 2. The molecule has 2 aromatic rings. The number of ketones is 1. The van der Waals surface area contributed by atoms with Gasteiger partial charge in [-0.2, -0.15) is 0 Å². The van der Waals surface area contributed by atoms with Gasteiger partial charge in [0, 0.05) is 19.6 Å². The summed E-state index contributed by atoms with van der Waals surface area (Å²) in [6, 6.07) is 15.4. The van der Waals surface area contributed by atoms with Gasteiger partial charge in [-0.3, -0.25) is 4.79 Å². The van der Waals surface area contributed by atoms with Gasteiger partial charge in [0.1, 0.15) is 6.10 Å². The lowest BCUT2D eigenvalue weighted by molar-refractivity contribution is -0.135. The molecular weight excluding hydrogens is 340 g/mol. The van der Waals surface area contributed by atoms with Crippen molar-refractivity contribution in [3.8, 4) is 0 Å². The molecule has 0 saturated carbocycles. The highest BCUT2D eigenvalue weighted by atomic mass is 16.5. The van der Waals surface area contributed by atoms with Crippen molar-refractivity contribution in [2.45, 2.75) is 37.9 Å². The molecule has 0 spiro atoms. The molecular formula is C22H28N2O3. The second-order valence-corrected chi connectivity index (χ2v) is 7.09. The Morgan fingerprint density at radius 2 is 1.85 bits per heavy atom. The van der Waals surface area contributed by atoms with Crippen LogP contribution in [0.25, 0.3) is 0 Å². The molecule has 5 nitrogen and oxygen atoms in total. The molecule has 1 fully saturated rings. The zero-order valence-corrected chi connectivity index (χ0v) is 15.8. The highest BCUT2D eigenvalue weighted by Gasteiger charge is 2.29. The van der Waals surface area contributed by atoms with Crippen LogP contribution < -0.4 is 11.5 Å². The lowest BCUT2D eigenvalue weighted by Gasteiger charge is -2.27. The van der Waals surface area contributed by atoms with Gasteiger partial charge in [-0.1, -0.05) is 36.4 Å². The van der Waals surface area contributed by atoms with Crippen LogP contribution >= 0.6 is 0 Å². The predicted octanol–water partition coefficient (Wildman–Crippen LogP) is 4.06. The van der Waals surface area contributed by atoms with E-state index < -0.39 is 6.10 Å². The molecule has 27 heavy (non-hydrogen) atoms. The van der Waals surface area contributed by atoms with E-state index in [4.69, 9.17) is 20.9 Å². The highest BCUT2D eigenvalue weighted by Crippen LogP contribution is 2.33. The Labute approximate surface area is 160 Å². The van der Waals surface area contributed by atoms with Gasteiger partial charge in [0.05, 0.1) is 17.5 Å². The smallest absolute Gasteiger partial charge is 0.169 e. The number of anilines is 2. The van der Waals surface area contributed by atoms with Gasteiger partial charge >= 0.3 is 0 Å². The monoisotopic (exact) mass is 368 g/mol. The van der Waals surface area contributed by atoms with Crippen LogP contribution in [0.15, 0.2) is 48.5 Å². The van der Waals surface area contributed by atoms with E-state index in [0.29, 0.717) is 24.4 Å². The predicted molar refractivity (Wildman–Crippen MR) is 107 cm³/mol. The number of Topliss-reactive ketones (excluding diaryl/α,β-unsaturated/α-hetero) is 1. The topological polar surface area (TPSA) is 87.6 Å². The summed E-state index contributed by atoms with van der Waals surface area (Å²) < 4.78 is 11.6. The Hall–Kier alpha value is -2.37. The van der Waals surface area contributed by atoms with Crippen molar-refractivity contribution in [1.29, 1.82) is 0 Å². The highest BCUT2D eigenvalue weighted by molar-refractivity contribution is 5.86. The van der Waals surface area contributed by atoms with Crippen LogP contribution in [0, 0.1) is 5.92 Å². The molecule has 5 heteroatoms. The van der Waals surface area contributed by atoms with E-state index in [-0.39, 0.29) is 17.8 Å². The summed E-state index contributed by atoms with van der Waals surface area (Å²) in [7, 11) is 1.59. The number of ether oxygens (including phenoxy) is 2. The first-order valence-corrected chi connectivity index (χ1v) is 9.48. The summed E-state index contributed by atoms with van der Waals surface area (Å²) in [5.41, 5.74) is 14.8. The quantitative estimate of drug-likeness (QED) is 0.777. The molecule has 0 radical (unpaired) electrons. The van der Waals surface area contributed by atoms with Crippen molar-refractivity contribution < 1.29 is 14.3 Å². The van der Waals surface area contributed by atoms with Crippen LogP contribution in [0.4, 0.5) is 11.4 Å². The maximum atomic E-state index is 13.0. The van der Waals surface area contributed by atoms with Gasteiger partial charge < -0.3 is 20.9 Å².